The van der Waals surface area contributed by atoms with Gasteiger partial charge in [-0.3, -0.25) is 0 Å². The van der Waals surface area contributed by atoms with Gasteiger partial charge in [0.15, 0.2) is 0 Å². The van der Waals surface area contributed by atoms with Crippen molar-refractivity contribution in [3.8, 4) is 11.1 Å². The van der Waals surface area contributed by atoms with E-state index in [2.05, 4.69) is 0 Å². The normalized spacial score (nSPS) is 13.3. The van der Waals surface area contributed by atoms with E-state index in [1.54, 1.807) is 12.1 Å². The topological polar surface area (TPSA) is 0 Å². The van der Waals surface area contributed by atoms with Gasteiger partial charge in [-0.2, -0.15) is 26.3 Å². The van der Waals surface area contributed by atoms with E-state index in [1.807, 2.05) is 0 Å². The number of benzene rings is 3. The first-order chi connectivity index (χ1) is 16.3. The second-order valence-electron chi connectivity index (χ2n) is 8.08. The van der Waals surface area contributed by atoms with Gasteiger partial charge >= 0.3 is 12.4 Å². The van der Waals surface area contributed by atoms with Crippen LogP contribution in [0.4, 0.5) is 35.1 Å². The molecule has 0 aliphatic heterocycles. The van der Waals surface area contributed by atoms with E-state index >= 15 is 0 Å². The summed E-state index contributed by atoms with van der Waals surface area (Å²) in [5.74, 6) is -1.26. The van der Waals surface area contributed by atoms with Crippen LogP contribution in [-0.2, 0) is 12.6 Å². The Balaban J connectivity index is 1.77. The van der Waals surface area contributed by atoms with Gasteiger partial charge in [0.25, 0.3) is 0 Å². The van der Waals surface area contributed by atoms with Crippen LogP contribution >= 0.6 is 0 Å². The zero-order chi connectivity index (χ0) is 26.0. The predicted octanol–water partition coefficient (Wildman–Crippen LogP) is 9.15. The fraction of sp³-hybridized carbons (Fsp3) is 0.185. The quantitative estimate of drug-likeness (QED) is 0.244. The van der Waals surface area contributed by atoms with E-state index in [0.717, 1.165) is 25.1 Å². The van der Waals surface area contributed by atoms with Gasteiger partial charge in [0.05, 0.1) is 5.56 Å². The van der Waals surface area contributed by atoms with Gasteiger partial charge in [-0.05, 0) is 66.8 Å². The van der Waals surface area contributed by atoms with Gasteiger partial charge in [-0.25, -0.2) is 8.78 Å². The summed E-state index contributed by atoms with van der Waals surface area (Å²) in [6, 6.07) is 12.7. The van der Waals surface area contributed by atoms with E-state index in [4.69, 9.17) is 0 Å². The molecule has 3 rings (SSSR count). The average molecular weight is 496 g/mol. The molecule has 0 spiro atoms. The first-order valence-corrected chi connectivity index (χ1v) is 10.4. The number of rotatable bonds is 5. The highest BCUT2D eigenvalue weighted by Crippen LogP contribution is 2.32. The van der Waals surface area contributed by atoms with Gasteiger partial charge in [0.1, 0.15) is 11.6 Å². The van der Waals surface area contributed by atoms with E-state index in [-0.39, 0.29) is 23.1 Å². The highest BCUT2D eigenvalue weighted by atomic mass is 19.4. The Labute approximate surface area is 197 Å². The van der Waals surface area contributed by atoms with Gasteiger partial charge in [0, 0.05) is 16.7 Å². The Morgan fingerprint density at radius 1 is 0.714 bits per heavy atom. The highest BCUT2D eigenvalue weighted by Gasteiger charge is 2.30. The third kappa shape index (κ3) is 6.59. The zero-order valence-corrected chi connectivity index (χ0v) is 18.7. The van der Waals surface area contributed by atoms with Crippen molar-refractivity contribution in [2.75, 3.05) is 0 Å². The number of halogens is 8. The fourth-order valence-electron chi connectivity index (χ4n) is 3.40. The summed E-state index contributed by atoms with van der Waals surface area (Å²) in [5.41, 5.74) is 0.259. The summed E-state index contributed by atoms with van der Waals surface area (Å²) >= 11 is 0. The molecule has 0 amide bonds. The van der Waals surface area contributed by atoms with Crippen molar-refractivity contribution in [2.45, 2.75) is 32.6 Å². The largest absolute Gasteiger partial charge is 0.416 e. The number of hydrogen-bond acceptors (Lipinski definition) is 0. The minimum Gasteiger partial charge on any atom is -0.206 e. The predicted molar refractivity (Wildman–Crippen MR) is 120 cm³/mol. The van der Waals surface area contributed by atoms with Crippen LogP contribution < -0.4 is 0 Å². The molecular weight excluding hydrogens is 476 g/mol. The van der Waals surface area contributed by atoms with E-state index in [1.165, 1.54) is 49.4 Å². The van der Waals surface area contributed by atoms with Crippen LogP contribution in [0.15, 0.2) is 78.4 Å². The molecular formula is C27H20F8. The second-order valence-corrected chi connectivity index (χ2v) is 8.08. The summed E-state index contributed by atoms with van der Waals surface area (Å²) in [4.78, 5) is 0. The maximum atomic E-state index is 14.7. The zero-order valence-electron chi connectivity index (χ0n) is 18.7. The molecule has 0 atom stereocenters. The summed E-state index contributed by atoms with van der Waals surface area (Å²) in [7, 11) is 0. The lowest BCUT2D eigenvalue weighted by Gasteiger charge is -2.10. The first-order valence-electron chi connectivity index (χ1n) is 10.4. The van der Waals surface area contributed by atoms with Crippen molar-refractivity contribution in [3.05, 3.63) is 112 Å². The highest BCUT2D eigenvalue weighted by molar-refractivity contribution is 5.67. The Kier molecular flexibility index (Phi) is 7.53. The standard InChI is InChI=1S/C27H20F8/c1-16(3-4-17(2)26(30,31)32)22-11-5-18(14-24(22)28)13-19-6-12-23(25(29)15-19)20-7-9-21(10-8-20)27(33,34)35/h3-12,14-15H,13H2,1-2H3. The van der Waals surface area contributed by atoms with Gasteiger partial charge in [-0.1, -0.05) is 48.6 Å². The molecule has 0 N–H and O–H groups in total. The smallest absolute Gasteiger partial charge is 0.206 e. The van der Waals surface area contributed by atoms with Gasteiger partial charge < -0.3 is 0 Å². The van der Waals surface area contributed by atoms with Crippen molar-refractivity contribution >= 4 is 5.57 Å². The Hall–Kier alpha value is -3.42. The maximum Gasteiger partial charge on any atom is 0.416 e. The maximum absolute atomic E-state index is 14.7. The van der Waals surface area contributed by atoms with Gasteiger partial charge in [-0.15, -0.1) is 0 Å². The summed E-state index contributed by atoms with van der Waals surface area (Å²) in [6.45, 7) is 2.42. The lowest BCUT2D eigenvalue weighted by Crippen LogP contribution is -2.08. The molecule has 0 unspecified atom stereocenters. The molecule has 35 heavy (non-hydrogen) atoms. The Bertz CT molecular complexity index is 1260. The number of allylic oxidation sites excluding steroid dienone is 4. The molecule has 0 heterocycles. The van der Waals surface area contributed by atoms with E-state index < -0.39 is 35.1 Å². The van der Waals surface area contributed by atoms with Crippen LogP contribution in [0.3, 0.4) is 0 Å². The third-order valence-electron chi connectivity index (χ3n) is 5.45. The van der Waals surface area contributed by atoms with Crippen molar-refractivity contribution in [2.24, 2.45) is 0 Å². The molecule has 3 aromatic rings. The van der Waals surface area contributed by atoms with Crippen LogP contribution in [0.2, 0.25) is 0 Å². The average Bonchev–Trinajstić information content (AvgIpc) is 2.76. The van der Waals surface area contributed by atoms with Crippen LogP contribution in [0, 0.1) is 11.6 Å². The number of alkyl halides is 6. The van der Waals surface area contributed by atoms with Gasteiger partial charge in [0.2, 0.25) is 0 Å². The minimum atomic E-state index is -4.49. The monoisotopic (exact) mass is 496 g/mol. The van der Waals surface area contributed by atoms with Crippen molar-refractivity contribution in [1.82, 2.24) is 0 Å². The van der Waals surface area contributed by atoms with Crippen LogP contribution in [0.1, 0.15) is 36.1 Å². The third-order valence-corrected chi connectivity index (χ3v) is 5.45. The molecule has 0 aliphatic rings. The molecule has 3 aromatic carbocycles. The number of hydrogen-bond donors (Lipinski definition) is 0. The molecule has 0 aromatic heterocycles. The molecule has 0 saturated heterocycles. The van der Waals surface area contributed by atoms with Crippen LogP contribution in [-0.4, -0.2) is 6.18 Å². The summed E-state index contributed by atoms with van der Waals surface area (Å²) < 4.78 is 105. The Morgan fingerprint density at radius 2 is 1.29 bits per heavy atom. The lowest BCUT2D eigenvalue weighted by molar-refractivity contribution is -0.137. The molecule has 184 valence electrons. The molecule has 0 aliphatic carbocycles. The summed E-state index contributed by atoms with van der Waals surface area (Å²) in [6.07, 6.45) is -6.70. The molecule has 0 saturated carbocycles. The van der Waals surface area contributed by atoms with E-state index in [9.17, 15) is 35.1 Å². The van der Waals surface area contributed by atoms with Crippen LogP contribution in [0.25, 0.3) is 16.7 Å². The molecule has 0 bridgehead atoms. The SMILES string of the molecule is CC(=CC=C(C)C(F)(F)F)c1ccc(Cc2ccc(-c3ccc(C(F)(F)F)cc3)c(F)c2)cc1F. The Morgan fingerprint density at radius 3 is 1.80 bits per heavy atom. The van der Waals surface area contributed by atoms with Crippen molar-refractivity contribution < 1.29 is 35.1 Å². The van der Waals surface area contributed by atoms with E-state index in [0.29, 0.717) is 16.7 Å². The van der Waals surface area contributed by atoms with Crippen molar-refractivity contribution in [1.29, 1.82) is 0 Å². The molecule has 0 radical (unpaired) electrons. The summed E-state index contributed by atoms with van der Waals surface area (Å²) in [5, 5.41) is 0. The molecule has 8 heteroatoms. The first kappa shape index (κ1) is 26.2. The van der Waals surface area contributed by atoms with Crippen molar-refractivity contribution in [3.63, 3.8) is 0 Å². The molecule has 0 nitrogen and oxygen atoms in total. The minimum absolute atomic E-state index is 0.131. The van der Waals surface area contributed by atoms with Crippen LogP contribution in [0.5, 0.6) is 0 Å². The fourth-order valence-corrected chi connectivity index (χ4v) is 3.40. The molecule has 0 fully saturated rings. The lowest BCUT2D eigenvalue weighted by atomic mass is 9.97. The second kappa shape index (κ2) is 10.1.